The van der Waals surface area contributed by atoms with Gasteiger partial charge in [-0.3, -0.25) is 0 Å². The first kappa shape index (κ1) is 11.0. The highest BCUT2D eigenvalue weighted by molar-refractivity contribution is 5.71. The minimum Gasteiger partial charge on any atom is -0.245 e. The molecule has 2 rings (SSSR count). The number of hydrogen-bond donors (Lipinski definition) is 0. The van der Waals surface area contributed by atoms with Gasteiger partial charge in [-0.15, -0.1) is 0 Å². The lowest BCUT2D eigenvalue weighted by Gasteiger charge is -1.97. The molecule has 1 aromatic heterocycles. The lowest BCUT2D eigenvalue weighted by atomic mass is 10.1. The van der Waals surface area contributed by atoms with E-state index in [-0.39, 0.29) is 5.82 Å². The largest absolute Gasteiger partial charge is 0.245 e. The number of pyridine rings is 1. The molecule has 3 heteroatoms. The summed E-state index contributed by atoms with van der Waals surface area (Å²) in [4.78, 5) is 3.93. The summed E-state index contributed by atoms with van der Waals surface area (Å²) in [7, 11) is 0. The van der Waals surface area contributed by atoms with E-state index in [1.165, 1.54) is 6.07 Å². The van der Waals surface area contributed by atoms with Gasteiger partial charge in [0.05, 0.1) is 0 Å². The fourth-order valence-electron chi connectivity index (χ4n) is 1.44. The Kier molecular flexibility index (Phi) is 3.27. The monoisotopic (exact) mass is 224 g/mol. The van der Waals surface area contributed by atoms with E-state index in [2.05, 4.69) is 4.98 Å². The van der Waals surface area contributed by atoms with Crippen molar-refractivity contribution in [3.8, 4) is 6.07 Å². The van der Waals surface area contributed by atoms with Crippen molar-refractivity contribution in [2.75, 3.05) is 0 Å². The highest BCUT2D eigenvalue weighted by Gasteiger charge is 1.99. The molecular formula is C14H9FN2. The van der Waals surface area contributed by atoms with Crippen molar-refractivity contribution in [3.05, 3.63) is 65.2 Å². The lowest BCUT2D eigenvalue weighted by Crippen LogP contribution is -1.86. The Morgan fingerprint density at radius 1 is 1.06 bits per heavy atom. The molecule has 0 fully saturated rings. The van der Waals surface area contributed by atoms with Gasteiger partial charge in [0.1, 0.15) is 17.6 Å². The fraction of sp³-hybridized carbons (Fsp3) is 0. The molecule has 1 aromatic carbocycles. The van der Waals surface area contributed by atoms with Crippen LogP contribution in [0.4, 0.5) is 4.39 Å². The molecular weight excluding hydrogens is 215 g/mol. The van der Waals surface area contributed by atoms with Gasteiger partial charge in [-0.05, 0) is 12.1 Å². The molecule has 17 heavy (non-hydrogen) atoms. The van der Waals surface area contributed by atoms with E-state index < -0.39 is 0 Å². The molecule has 0 amide bonds. The Hall–Kier alpha value is -2.47. The van der Waals surface area contributed by atoms with Crippen LogP contribution in [0, 0.1) is 17.1 Å². The molecule has 0 N–H and O–H groups in total. The number of nitriles is 1. The normalized spacial score (nSPS) is 10.4. The van der Waals surface area contributed by atoms with Gasteiger partial charge in [0.2, 0.25) is 0 Å². The summed E-state index contributed by atoms with van der Waals surface area (Å²) in [6.45, 7) is 0. The van der Waals surface area contributed by atoms with E-state index >= 15 is 0 Å². The smallest absolute Gasteiger partial charge is 0.147 e. The van der Waals surface area contributed by atoms with E-state index in [4.69, 9.17) is 5.26 Å². The summed E-state index contributed by atoms with van der Waals surface area (Å²) in [5.74, 6) is -0.286. The third-order valence-electron chi connectivity index (χ3n) is 2.29. The Morgan fingerprint density at radius 3 is 2.53 bits per heavy atom. The molecule has 0 saturated heterocycles. The van der Waals surface area contributed by atoms with Crippen molar-refractivity contribution >= 4 is 12.2 Å². The van der Waals surface area contributed by atoms with Crippen LogP contribution in [-0.4, -0.2) is 4.98 Å². The molecule has 82 valence electrons. The quantitative estimate of drug-likeness (QED) is 0.785. The van der Waals surface area contributed by atoms with Crippen LogP contribution in [0.25, 0.3) is 12.2 Å². The van der Waals surface area contributed by atoms with Crippen LogP contribution in [0.15, 0.2) is 42.6 Å². The molecule has 0 aliphatic rings. The van der Waals surface area contributed by atoms with Gasteiger partial charge in [-0.1, -0.05) is 36.4 Å². The number of aromatic nitrogens is 1. The minimum absolute atomic E-state index is 0.286. The number of hydrogen-bond acceptors (Lipinski definition) is 2. The molecule has 0 bridgehead atoms. The summed E-state index contributed by atoms with van der Waals surface area (Å²) >= 11 is 0. The average Bonchev–Trinajstić information content (AvgIpc) is 2.38. The molecule has 2 aromatic rings. The maximum atomic E-state index is 13.3. The first-order valence-corrected chi connectivity index (χ1v) is 5.09. The van der Waals surface area contributed by atoms with Crippen molar-refractivity contribution in [2.24, 2.45) is 0 Å². The van der Waals surface area contributed by atoms with E-state index in [1.807, 2.05) is 6.07 Å². The summed E-state index contributed by atoms with van der Waals surface area (Å²) in [5.41, 5.74) is 1.50. The van der Waals surface area contributed by atoms with Gasteiger partial charge >= 0.3 is 0 Å². The number of halogens is 1. The van der Waals surface area contributed by atoms with Crippen molar-refractivity contribution in [3.63, 3.8) is 0 Å². The van der Waals surface area contributed by atoms with Crippen LogP contribution in [-0.2, 0) is 0 Å². The Labute approximate surface area is 98.7 Å². The summed E-state index contributed by atoms with van der Waals surface area (Å²) in [5, 5.41) is 8.85. The second kappa shape index (κ2) is 5.04. The molecule has 0 radical (unpaired) electrons. The third-order valence-corrected chi connectivity index (χ3v) is 2.29. The molecule has 0 spiro atoms. The highest BCUT2D eigenvalue weighted by Crippen LogP contribution is 2.13. The lowest BCUT2D eigenvalue weighted by molar-refractivity contribution is 0.625. The maximum Gasteiger partial charge on any atom is 0.147 e. The van der Waals surface area contributed by atoms with Gasteiger partial charge in [-0.2, -0.15) is 5.26 Å². The highest BCUT2D eigenvalue weighted by atomic mass is 19.1. The van der Waals surface area contributed by atoms with Crippen molar-refractivity contribution in [2.45, 2.75) is 0 Å². The Morgan fingerprint density at radius 2 is 1.76 bits per heavy atom. The minimum atomic E-state index is -0.286. The van der Waals surface area contributed by atoms with Crippen LogP contribution in [0.2, 0.25) is 0 Å². The van der Waals surface area contributed by atoms with Crippen LogP contribution in [0.5, 0.6) is 0 Å². The number of nitrogens with zero attached hydrogens (tertiary/aromatic N) is 2. The second-order valence-electron chi connectivity index (χ2n) is 3.41. The average molecular weight is 224 g/mol. The molecule has 0 aliphatic carbocycles. The van der Waals surface area contributed by atoms with Crippen LogP contribution < -0.4 is 0 Å². The number of rotatable bonds is 2. The second-order valence-corrected chi connectivity index (χ2v) is 3.41. The molecule has 0 aliphatic heterocycles. The van der Waals surface area contributed by atoms with Gasteiger partial charge in [0.15, 0.2) is 0 Å². The zero-order valence-electron chi connectivity index (χ0n) is 8.97. The molecule has 0 saturated carbocycles. The Bertz CT molecular complexity index is 597. The summed E-state index contributed by atoms with van der Waals surface area (Å²) < 4.78 is 13.3. The summed E-state index contributed by atoms with van der Waals surface area (Å²) in [6, 6.07) is 12.0. The third kappa shape index (κ3) is 2.56. The topological polar surface area (TPSA) is 36.7 Å². The number of benzene rings is 1. The first-order chi connectivity index (χ1) is 8.31. The predicted octanol–water partition coefficient (Wildman–Crippen LogP) is 3.26. The maximum absolute atomic E-state index is 13.3. The molecule has 1 heterocycles. The standard InChI is InChI=1S/C14H9FN2/c15-13-6-2-1-4-11(13)7-8-12-5-3-9-17-14(12)10-16/h1-9H/b8-7+. The van der Waals surface area contributed by atoms with E-state index in [0.29, 0.717) is 16.8 Å². The van der Waals surface area contributed by atoms with Crippen LogP contribution in [0.1, 0.15) is 16.8 Å². The predicted molar refractivity (Wildman–Crippen MR) is 64.3 cm³/mol. The Balaban J connectivity index is 2.33. The van der Waals surface area contributed by atoms with Gasteiger partial charge in [0.25, 0.3) is 0 Å². The summed E-state index contributed by atoms with van der Waals surface area (Å²) in [6.07, 6.45) is 4.87. The van der Waals surface area contributed by atoms with Gasteiger partial charge in [-0.25, -0.2) is 9.37 Å². The van der Waals surface area contributed by atoms with Crippen LogP contribution >= 0.6 is 0 Å². The SMILES string of the molecule is N#Cc1ncccc1/C=C/c1ccccc1F. The van der Waals surface area contributed by atoms with E-state index in [9.17, 15) is 4.39 Å². The first-order valence-electron chi connectivity index (χ1n) is 5.09. The molecule has 0 unspecified atom stereocenters. The van der Waals surface area contributed by atoms with Crippen LogP contribution in [0.3, 0.4) is 0 Å². The van der Waals surface area contributed by atoms with Crippen molar-refractivity contribution < 1.29 is 4.39 Å². The van der Waals surface area contributed by atoms with Crippen molar-refractivity contribution in [1.29, 1.82) is 5.26 Å². The fourth-order valence-corrected chi connectivity index (χ4v) is 1.44. The molecule has 2 nitrogen and oxygen atoms in total. The van der Waals surface area contributed by atoms with Gasteiger partial charge in [0, 0.05) is 17.3 Å². The zero-order chi connectivity index (χ0) is 12.1. The van der Waals surface area contributed by atoms with Crippen molar-refractivity contribution in [1.82, 2.24) is 4.98 Å². The van der Waals surface area contributed by atoms with E-state index in [1.54, 1.807) is 48.7 Å². The zero-order valence-corrected chi connectivity index (χ0v) is 8.97. The van der Waals surface area contributed by atoms with E-state index in [0.717, 1.165) is 0 Å². The molecule has 0 atom stereocenters. The van der Waals surface area contributed by atoms with Gasteiger partial charge < -0.3 is 0 Å².